The average Bonchev–Trinajstić information content (AvgIpc) is 3.09. The molecule has 0 spiro atoms. The summed E-state index contributed by atoms with van der Waals surface area (Å²) in [6, 6.07) is 13.6. The number of nitrogens with zero attached hydrogens (tertiary/aromatic N) is 1. The van der Waals surface area contributed by atoms with Gasteiger partial charge in [-0.1, -0.05) is 25.1 Å². The molecule has 4 rings (SSSR count). The van der Waals surface area contributed by atoms with Crippen molar-refractivity contribution in [3.8, 4) is 5.75 Å². The fraction of sp³-hybridized carbons (Fsp3) is 0.217. The summed E-state index contributed by atoms with van der Waals surface area (Å²) in [5.41, 5.74) is 3.55. The lowest BCUT2D eigenvalue weighted by molar-refractivity contribution is 0.0982. The number of carbonyl (C=O) groups excluding carboxylic acids is 1. The maximum absolute atomic E-state index is 12.8. The Morgan fingerprint density at radius 1 is 1.21 bits per heavy atom. The van der Waals surface area contributed by atoms with Crippen molar-refractivity contribution in [3.63, 3.8) is 0 Å². The van der Waals surface area contributed by atoms with Crippen LogP contribution in [0.4, 0.5) is 11.4 Å². The van der Waals surface area contributed by atoms with Crippen molar-refractivity contribution in [2.45, 2.75) is 26.7 Å². The Morgan fingerprint density at radius 3 is 2.82 bits per heavy atom. The van der Waals surface area contributed by atoms with Gasteiger partial charge in [0.2, 0.25) is 0 Å². The van der Waals surface area contributed by atoms with Gasteiger partial charge in [-0.3, -0.25) is 9.78 Å². The van der Waals surface area contributed by atoms with E-state index in [1.807, 2.05) is 56.3 Å². The summed E-state index contributed by atoms with van der Waals surface area (Å²) in [5, 5.41) is 5.25. The second kappa shape index (κ2) is 7.35. The van der Waals surface area contributed by atoms with Gasteiger partial charge in [0.05, 0.1) is 24.0 Å². The zero-order valence-corrected chi connectivity index (χ0v) is 16.2. The molecule has 0 bridgehead atoms. The van der Waals surface area contributed by atoms with E-state index in [1.165, 1.54) is 0 Å². The highest BCUT2D eigenvalue weighted by Gasteiger charge is 2.19. The first-order chi connectivity index (χ1) is 13.6. The summed E-state index contributed by atoms with van der Waals surface area (Å²) in [4.78, 5) is 17.4. The summed E-state index contributed by atoms with van der Waals surface area (Å²) >= 11 is 0. The Balaban J connectivity index is 1.97. The number of pyridine rings is 1. The van der Waals surface area contributed by atoms with Crippen molar-refractivity contribution in [1.82, 2.24) is 4.98 Å². The van der Waals surface area contributed by atoms with E-state index in [0.29, 0.717) is 17.7 Å². The number of anilines is 2. The number of furan rings is 1. The Hall–Kier alpha value is -3.34. The molecule has 0 aliphatic heterocycles. The van der Waals surface area contributed by atoms with Crippen molar-refractivity contribution in [2.75, 3.05) is 12.4 Å². The fourth-order valence-corrected chi connectivity index (χ4v) is 3.48. The van der Waals surface area contributed by atoms with Crippen molar-refractivity contribution in [1.29, 1.82) is 0 Å². The molecule has 2 aromatic heterocycles. The summed E-state index contributed by atoms with van der Waals surface area (Å²) in [5.74, 6) is 1.59. The van der Waals surface area contributed by atoms with Crippen LogP contribution in [-0.2, 0) is 0 Å². The van der Waals surface area contributed by atoms with E-state index in [-0.39, 0.29) is 5.78 Å². The minimum absolute atomic E-state index is 0.0602. The second-order valence-electron chi connectivity index (χ2n) is 6.78. The van der Waals surface area contributed by atoms with Gasteiger partial charge in [-0.2, -0.15) is 0 Å². The first-order valence-electron chi connectivity index (χ1n) is 9.37. The molecule has 4 aromatic rings. The monoisotopic (exact) mass is 374 g/mol. The maximum Gasteiger partial charge on any atom is 0.166 e. The van der Waals surface area contributed by atoms with Crippen molar-refractivity contribution in [2.24, 2.45) is 0 Å². The third-order valence-electron chi connectivity index (χ3n) is 4.79. The lowest BCUT2D eigenvalue weighted by atomic mass is 10.0. The largest absolute Gasteiger partial charge is 0.495 e. The van der Waals surface area contributed by atoms with Crippen LogP contribution >= 0.6 is 0 Å². The van der Waals surface area contributed by atoms with Gasteiger partial charge in [0.1, 0.15) is 17.0 Å². The number of ketones is 1. The zero-order valence-electron chi connectivity index (χ0n) is 16.2. The van der Waals surface area contributed by atoms with Gasteiger partial charge in [0.15, 0.2) is 11.4 Å². The highest BCUT2D eigenvalue weighted by Crippen LogP contribution is 2.36. The minimum atomic E-state index is 0.0602. The van der Waals surface area contributed by atoms with Gasteiger partial charge in [-0.25, -0.2) is 0 Å². The normalized spacial score (nSPS) is 11.1. The number of ether oxygens (including phenoxy) is 1. The van der Waals surface area contributed by atoms with Crippen LogP contribution in [0, 0.1) is 6.92 Å². The molecule has 0 fully saturated rings. The molecule has 28 heavy (non-hydrogen) atoms. The first kappa shape index (κ1) is 18.0. The molecule has 142 valence electrons. The summed E-state index contributed by atoms with van der Waals surface area (Å²) in [6.07, 6.45) is 2.90. The molecule has 5 heteroatoms. The molecular formula is C23H22N2O3. The number of hydrogen-bond acceptors (Lipinski definition) is 5. The van der Waals surface area contributed by atoms with Crippen LogP contribution < -0.4 is 10.1 Å². The van der Waals surface area contributed by atoms with Crippen LogP contribution in [0.25, 0.3) is 21.9 Å². The molecule has 0 unspecified atom stereocenters. The SMILES string of the molecule is CCCC(=O)c1cnc2c(ccc3cc(C)oc32)c1Nc1ccccc1OC. The number of Topliss-reactive ketones (excluding diaryl/α,β-unsaturated/α-hetero) is 1. The molecular weight excluding hydrogens is 352 g/mol. The molecule has 0 amide bonds. The van der Waals surface area contributed by atoms with Crippen LogP contribution in [0.2, 0.25) is 0 Å². The molecule has 2 aromatic carbocycles. The van der Waals surface area contributed by atoms with E-state index in [1.54, 1.807) is 13.3 Å². The van der Waals surface area contributed by atoms with Gasteiger partial charge in [-0.15, -0.1) is 0 Å². The Labute approximate surface area is 163 Å². The lowest BCUT2D eigenvalue weighted by Gasteiger charge is -2.16. The summed E-state index contributed by atoms with van der Waals surface area (Å²) in [7, 11) is 1.63. The molecule has 0 radical (unpaired) electrons. The Bertz CT molecular complexity index is 1180. The Kier molecular flexibility index (Phi) is 4.74. The van der Waals surface area contributed by atoms with Gasteiger partial charge in [0.25, 0.3) is 0 Å². The number of fused-ring (bicyclic) bond motifs is 3. The highest BCUT2D eigenvalue weighted by atomic mass is 16.5. The maximum atomic E-state index is 12.8. The van der Waals surface area contributed by atoms with Crippen LogP contribution in [0.1, 0.15) is 35.9 Å². The highest BCUT2D eigenvalue weighted by molar-refractivity contribution is 6.13. The molecule has 0 aliphatic rings. The number of aryl methyl sites for hydroxylation is 1. The number of para-hydroxylation sites is 2. The van der Waals surface area contributed by atoms with Crippen LogP contribution in [0.15, 0.2) is 53.1 Å². The second-order valence-corrected chi connectivity index (χ2v) is 6.78. The summed E-state index contributed by atoms with van der Waals surface area (Å²) in [6.45, 7) is 3.91. The Morgan fingerprint density at radius 2 is 2.04 bits per heavy atom. The van der Waals surface area contributed by atoms with E-state index in [0.717, 1.165) is 45.4 Å². The van der Waals surface area contributed by atoms with E-state index in [2.05, 4.69) is 10.3 Å². The van der Waals surface area contributed by atoms with Crippen LogP contribution in [-0.4, -0.2) is 17.9 Å². The minimum Gasteiger partial charge on any atom is -0.495 e. The number of rotatable bonds is 6. The van der Waals surface area contributed by atoms with Crippen LogP contribution in [0.3, 0.4) is 0 Å². The van der Waals surface area contributed by atoms with E-state index in [4.69, 9.17) is 9.15 Å². The predicted octanol–water partition coefficient (Wildman–Crippen LogP) is 6.02. The van der Waals surface area contributed by atoms with E-state index >= 15 is 0 Å². The topological polar surface area (TPSA) is 64.4 Å². The molecule has 0 aliphatic carbocycles. The van der Waals surface area contributed by atoms with Crippen LogP contribution in [0.5, 0.6) is 5.75 Å². The van der Waals surface area contributed by atoms with Gasteiger partial charge in [0, 0.05) is 23.4 Å². The number of nitrogens with one attached hydrogen (secondary N) is 1. The quantitative estimate of drug-likeness (QED) is 0.418. The standard InChI is InChI=1S/C23H22N2O3/c1-4-7-19(26)17-13-24-22-16(11-10-15-12-14(2)28-23(15)22)21(17)25-18-8-5-6-9-20(18)27-3/h5-6,8-13H,4,7H2,1-3H3,(H,24,25). The number of aromatic nitrogens is 1. The number of benzene rings is 2. The van der Waals surface area contributed by atoms with Gasteiger partial charge in [-0.05, 0) is 37.6 Å². The third kappa shape index (κ3) is 3.09. The summed E-state index contributed by atoms with van der Waals surface area (Å²) < 4.78 is 11.3. The fourth-order valence-electron chi connectivity index (χ4n) is 3.48. The number of carbonyl (C=O) groups is 1. The lowest BCUT2D eigenvalue weighted by Crippen LogP contribution is -2.06. The van der Waals surface area contributed by atoms with E-state index < -0.39 is 0 Å². The van der Waals surface area contributed by atoms with Gasteiger partial charge >= 0.3 is 0 Å². The molecule has 1 N–H and O–H groups in total. The number of hydrogen-bond donors (Lipinski definition) is 1. The molecule has 0 saturated carbocycles. The third-order valence-corrected chi connectivity index (χ3v) is 4.79. The average molecular weight is 374 g/mol. The molecule has 2 heterocycles. The zero-order chi connectivity index (χ0) is 19.7. The first-order valence-corrected chi connectivity index (χ1v) is 9.37. The molecule has 0 saturated heterocycles. The molecule has 5 nitrogen and oxygen atoms in total. The van der Waals surface area contributed by atoms with Crippen molar-refractivity contribution in [3.05, 3.63) is 60.0 Å². The van der Waals surface area contributed by atoms with E-state index in [9.17, 15) is 4.79 Å². The van der Waals surface area contributed by atoms with Crippen molar-refractivity contribution >= 4 is 39.0 Å². The number of methoxy groups -OCH3 is 1. The predicted molar refractivity (Wildman–Crippen MR) is 112 cm³/mol. The van der Waals surface area contributed by atoms with Gasteiger partial charge < -0.3 is 14.5 Å². The van der Waals surface area contributed by atoms with Crippen molar-refractivity contribution < 1.29 is 13.9 Å². The smallest absolute Gasteiger partial charge is 0.166 e. The molecule has 0 atom stereocenters.